The van der Waals surface area contributed by atoms with Gasteiger partial charge in [0.05, 0.1) is 18.9 Å². The minimum absolute atomic E-state index is 0.0621. The zero-order valence-electron chi connectivity index (χ0n) is 19.8. The molecule has 2 aliphatic heterocycles. The summed E-state index contributed by atoms with van der Waals surface area (Å²) in [6, 6.07) is 15.3. The van der Waals surface area contributed by atoms with E-state index in [4.69, 9.17) is 14.0 Å². The second-order valence-electron chi connectivity index (χ2n) is 8.66. The van der Waals surface area contributed by atoms with Crippen LogP contribution in [0.15, 0.2) is 59.1 Å². The Kier molecular flexibility index (Phi) is 6.68. The number of anilines is 1. The molecule has 1 fully saturated rings. The lowest BCUT2D eigenvalue weighted by molar-refractivity contribution is -0.120. The number of likely N-dealkylation sites (N-methyl/N-ethyl adjacent to an activating group) is 1. The largest absolute Gasteiger partial charge is 0.489 e. The number of carbonyl (C=O) groups excluding carboxylic acids is 3. The van der Waals surface area contributed by atoms with E-state index in [9.17, 15) is 14.4 Å². The predicted octanol–water partition coefficient (Wildman–Crippen LogP) is 1.89. The number of nitrogens with zero attached hydrogens (tertiary/aromatic N) is 3. The molecule has 186 valence electrons. The van der Waals surface area contributed by atoms with E-state index in [1.54, 1.807) is 36.2 Å². The Bertz CT molecular complexity index is 1270. The van der Waals surface area contributed by atoms with Crippen LogP contribution in [0.25, 0.3) is 0 Å². The summed E-state index contributed by atoms with van der Waals surface area (Å²) in [4.78, 5) is 42.0. The SMILES string of the molecule is CN1C(=O)[C@@H](NC(=O)c2cc(Cc3ccccc3)on2)COc2ccc(C(=O)N3CCOCC3)cc21. The summed E-state index contributed by atoms with van der Waals surface area (Å²) < 4.78 is 16.5. The van der Waals surface area contributed by atoms with Crippen molar-refractivity contribution in [3.05, 3.63) is 77.2 Å². The number of rotatable bonds is 5. The number of ether oxygens (including phenoxy) is 2. The topological polar surface area (TPSA) is 114 Å². The van der Waals surface area contributed by atoms with Crippen LogP contribution in [0, 0.1) is 0 Å². The Morgan fingerprint density at radius 1 is 1.08 bits per heavy atom. The van der Waals surface area contributed by atoms with E-state index in [0.29, 0.717) is 55.5 Å². The molecule has 3 amide bonds. The molecular formula is C26H26N4O6. The maximum atomic E-state index is 13.2. The molecule has 2 aromatic carbocycles. The molecule has 0 aliphatic carbocycles. The highest BCUT2D eigenvalue weighted by molar-refractivity contribution is 6.04. The molecule has 0 spiro atoms. The first-order valence-electron chi connectivity index (χ1n) is 11.7. The van der Waals surface area contributed by atoms with Gasteiger partial charge >= 0.3 is 0 Å². The third kappa shape index (κ3) is 4.94. The van der Waals surface area contributed by atoms with Crippen LogP contribution in [-0.4, -0.2) is 73.8 Å². The molecule has 0 bridgehead atoms. The molecule has 1 saturated heterocycles. The fourth-order valence-electron chi connectivity index (χ4n) is 4.22. The minimum atomic E-state index is -0.942. The Hall–Kier alpha value is -4.18. The molecule has 36 heavy (non-hydrogen) atoms. The first-order valence-corrected chi connectivity index (χ1v) is 11.7. The molecule has 3 aromatic rings. The monoisotopic (exact) mass is 490 g/mol. The molecule has 10 nitrogen and oxygen atoms in total. The molecule has 0 unspecified atom stereocenters. The molecule has 1 N–H and O–H groups in total. The number of fused-ring (bicyclic) bond motifs is 1. The van der Waals surface area contributed by atoms with Gasteiger partial charge in [-0.15, -0.1) is 0 Å². The van der Waals surface area contributed by atoms with Crippen molar-refractivity contribution in [2.75, 3.05) is 44.9 Å². The Balaban J connectivity index is 1.27. The molecule has 2 aliphatic rings. The standard InChI is InChI=1S/C26H26N4O6/c1-29-22-14-18(25(32)30-9-11-34-12-10-30)7-8-23(22)35-16-21(26(29)33)27-24(31)20-15-19(36-28-20)13-17-5-3-2-4-6-17/h2-8,14-15,21H,9-13,16H2,1H3,(H,27,31)/t21-/m0/s1. The van der Waals surface area contributed by atoms with Gasteiger partial charge in [0.1, 0.15) is 24.2 Å². The average molecular weight is 491 g/mol. The summed E-state index contributed by atoms with van der Waals surface area (Å²) in [7, 11) is 1.59. The number of hydrogen-bond donors (Lipinski definition) is 1. The zero-order valence-corrected chi connectivity index (χ0v) is 19.8. The molecular weight excluding hydrogens is 464 g/mol. The minimum Gasteiger partial charge on any atom is -0.489 e. The van der Waals surface area contributed by atoms with Gasteiger partial charge in [0.2, 0.25) is 0 Å². The fraction of sp³-hybridized carbons (Fsp3) is 0.308. The van der Waals surface area contributed by atoms with E-state index in [1.165, 1.54) is 4.90 Å². The van der Waals surface area contributed by atoms with Crippen LogP contribution in [0.1, 0.15) is 32.2 Å². The lowest BCUT2D eigenvalue weighted by Gasteiger charge is -2.27. The Morgan fingerprint density at radius 3 is 2.64 bits per heavy atom. The number of nitrogens with one attached hydrogen (secondary N) is 1. The molecule has 10 heteroatoms. The van der Waals surface area contributed by atoms with E-state index in [2.05, 4.69) is 10.5 Å². The smallest absolute Gasteiger partial charge is 0.274 e. The lowest BCUT2D eigenvalue weighted by Crippen LogP contribution is -2.49. The molecule has 1 atom stereocenters. The summed E-state index contributed by atoms with van der Waals surface area (Å²) in [5, 5.41) is 6.55. The van der Waals surface area contributed by atoms with Gasteiger partial charge < -0.3 is 29.1 Å². The molecule has 1 aromatic heterocycles. The third-order valence-electron chi connectivity index (χ3n) is 6.22. The number of hydrogen-bond acceptors (Lipinski definition) is 7. The maximum Gasteiger partial charge on any atom is 0.274 e. The number of benzene rings is 2. The fourth-order valence-corrected chi connectivity index (χ4v) is 4.22. The van der Waals surface area contributed by atoms with Crippen LogP contribution < -0.4 is 15.0 Å². The van der Waals surface area contributed by atoms with E-state index in [0.717, 1.165) is 5.56 Å². The van der Waals surface area contributed by atoms with Crippen molar-refractivity contribution >= 4 is 23.4 Å². The van der Waals surface area contributed by atoms with E-state index < -0.39 is 11.9 Å². The summed E-state index contributed by atoms with van der Waals surface area (Å²) in [6.07, 6.45) is 0.496. The van der Waals surface area contributed by atoms with Crippen molar-refractivity contribution in [2.45, 2.75) is 12.5 Å². The van der Waals surface area contributed by atoms with Gasteiger partial charge in [-0.2, -0.15) is 0 Å². The zero-order chi connectivity index (χ0) is 25.1. The van der Waals surface area contributed by atoms with Crippen molar-refractivity contribution in [3.8, 4) is 5.75 Å². The summed E-state index contributed by atoms with van der Waals surface area (Å²) in [5.41, 5.74) is 2.02. The molecule has 3 heterocycles. The molecule has 5 rings (SSSR count). The van der Waals surface area contributed by atoms with Gasteiger partial charge in [0.25, 0.3) is 17.7 Å². The number of amides is 3. The van der Waals surface area contributed by atoms with Crippen molar-refractivity contribution in [1.29, 1.82) is 0 Å². The van der Waals surface area contributed by atoms with Gasteiger partial charge in [0.15, 0.2) is 5.69 Å². The number of morpholine rings is 1. The van der Waals surface area contributed by atoms with Gasteiger partial charge in [-0.25, -0.2) is 0 Å². The van der Waals surface area contributed by atoms with Gasteiger partial charge in [-0.3, -0.25) is 14.4 Å². The average Bonchev–Trinajstić information content (AvgIpc) is 3.35. The van der Waals surface area contributed by atoms with Crippen LogP contribution in [0.3, 0.4) is 0 Å². The van der Waals surface area contributed by atoms with Gasteiger partial charge in [0, 0.05) is 38.2 Å². The van der Waals surface area contributed by atoms with Crippen LogP contribution in [0.4, 0.5) is 5.69 Å². The quantitative estimate of drug-likeness (QED) is 0.581. The van der Waals surface area contributed by atoms with Crippen LogP contribution in [0.5, 0.6) is 5.75 Å². The van der Waals surface area contributed by atoms with E-state index >= 15 is 0 Å². The highest BCUT2D eigenvalue weighted by Gasteiger charge is 2.32. The highest BCUT2D eigenvalue weighted by atomic mass is 16.5. The van der Waals surface area contributed by atoms with Crippen LogP contribution in [-0.2, 0) is 16.0 Å². The van der Waals surface area contributed by atoms with E-state index in [1.807, 2.05) is 30.3 Å². The van der Waals surface area contributed by atoms with Gasteiger partial charge in [-0.1, -0.05) is 35.5 Å². The first-order chi connectivity index (χ1) is 17.5. The molecule has 0 radical (unpaired) electrons. The summed E-state index contributed by atoms with van der Waals surface area (Å²) in [6.45, 7) is 1.97. The number of aromatic nitrogens is 1. The van der Waals surface area contributed by atoms with Crippen LogP contribution >= 0.6 is 0 Å². The summed E-state index contributed by atoms with van der Waals surface area (Å²) in [5.74, 6) is -0.0495. The van der Waals surface area contributed by atoms with Gasteiger partial charge in [-0.05, 0) is 23.8 Å². The Labute approximate surface area is 207 Å². The predicted molar refractivity (Wildman–Crippen MR) is 129 cm³/mol. The Morgan fingerprint density at radius 2 is 1.86 bits per heavy atom. The van der Waals surface area contributed by atoms with Crippen LogP contribution in [0.2, 0.25) is 0 Å². The number of carbonyl (C=O) groups is 3. The molecule has 0 saturated carbocycles. The third-order valence-corrected chi connectivity index (χ3v) is 6.22. The summed E-state index contributed by atoms with van der Waals surface area (Å²) >= 11 is 0. The highest BCUT2D eigenvalue weighted by Crippen LogP contribution is 2.32. The second-order valence-corrected chi connectivity index (χ2v) is 8.66. The van der Waals surface area contributed by atoms with Crippen molar-refractivity contribution in [2.24, 2.45) is 0 Å². The second kappa shape index (κ2) is 10.2. The normalized spacial score (nSPS) is 17.7. The van der Waals surface area contributed by atoms with E-state index in [-0.39, 0.29) is 24.1 Å². The first kappa shape index (κ1) is 23.6. The lowest BCUT2D eigenvalue weighted by atomic mass is 10.1. The van der Waals surface area contributed by atoms with Crippen molar-refractivity contribution < 1.29 is 28.4 Å². The van der Waals surface area contributed by atoms with Crippen molar-refractivity contribution in [1.82, 2.24) is 15.4 Å². The maximum absolute atomic E-state index is 13.2. The van der Waals surface area contributed by atoms with Crippen molar-refractivity contribution in [3.63, 3.8) is 0 Å².